The van der Waals surface area contributed by atoms with Gasteiger partial charge in [-0.15, -0.1) is 0 Å². The third-order valence-corrected chi connectivity index (χ3v) is 9.34. The molecule has 6 rings (SSSR count). The Morgan fingerprint density at radius 3 is 1.87 bits per heavy atom. The maximum Gasteiger partial charge on any atom is 0.410 e. The van der Waals surface area contributed by atoms with Gasteiger partial charge in [-0.05, 0) is 97.3 Å². The first kappa shape index (κ1) is 36.4. The van der Waals surface area contributed by atoms with Crippen molar-refractivity contribution in [2.45, 2.75) is 90.8 Å². The first-order chi connectivity index (χ1) is 25.2. The number of hydrogen-bond donors (Lipinski definition) is 0. The van der Waals surface area contributed by atoms with Crippen LogP contribution < -0.4 is 4.74 Å². The molecule has 0 N–H and O–H groups in total. The monoisotopic (exact) mass is 695 g/mol. The number of benzene rings is 4. The van der Waals surface area contributed by atoms with Crippen LogP contribution in [-0.2, 0) is 31.0 Å². The van der Waals surface area contributed by atoms with Crippen LogP contribution in [0.1, 0.15) is 85.5 Å². The van der Waals surface area contributed by atoms with Gasteiger partial charge in [-0.3, -0.25) is 9.78 Å². The number of hydrogen-bond acceptors (Lipinski definition) is 5. The summed E-state index contributed by atoms with van der Waals surface area (Å²) in [6.45, 7) is 7.63. The normalized spacial score (nSPS) is 13.3. The topological polar surface area (TPSA) is 72.0 Å². The third-order valence-electron chi connectivity index (χ3n) is 9.34. The van der Waals surface area contributed by atoms with Gasteiger partial charge in [0.15, 0.2) is 0 Å². The van der Waals surface area contributed by atoms with E-state index in [4.69, 9.17) is 9.47 Å². The van der Waals surface area contributed by atoms with Gasteiger partial charge in [-0.1, -0.05) is 104 Å². The largest absolute Gasteiger partial charge is 0.489 e. The van der Waals surface area contributed by atoms with E-state index in [0.717, 1.165) is 59.1 Å². The Morgan fingerprint density at radius 2 is 1.27 bits per heavy atom. The quantitative estimate of drug-likeness (QED) is 0.130. The second-order valence-electron chi connectivity index (χ2n) is 14.6. The SMILES string of the molecule is CC(C)(C)OC(=O)N(Cc1ccc(-c2ccc(CN(Cc3cccnc3)C(=O)c3ccc(OCc4ccccc4)cc3)cc2)cc1)C1CCCCC1. The Kier molecular flexibility index (Phi) is 12.0. The van der Waals surface area contributed by atoms with Crippen LogP contribution in [-0.4, -0.2) is 38.4 Å². The van der Waals surface area contributed by atoms with Gasteiger partial charge in [0.05, 0.1) is 0 Å². The minimum absolute atomic E-state index is 0.0632. The lowest BCUT2D eigenvalue weighted by Crippen LogP contribution is -2.43. The Balaban J connectivity index is 1.12. The molecule has 5 aromatic rings. The van der Waals surface area contributed by atoms with Crippen LogP contribution in [0.4, 0.5) is 4.79 Å². The summed E-state index contributed by atoms with van der Waals surface area (Å²) in [6, 6.07) is 38.3. The first-order valence-electron chi connectivity index (χ1n) is 18.3. The molecule has 0 saturated heterocycles. The molecule has 0 aliphatic heterocycles. The van der Waals surface area contributed by atoms with E-state index in [0.29, 0.717) is 37.6 Å². The van der Waals surface area contributed by atoms with Crippen molar-refractivity contribution in [1.82, 2.24) is 14.8 Å². The average Bonchev–Trinajstić information content (AvgIpc) is 3.17. The van der Waals surface area contributed by atoms with Gasteiger partial charge in [0, 0.05) is 43.6 Å². The maximum absolute atomic E-state index is 13.9. The van der Waals surface area contributed by atoms with E-state index in [1.165, 1.54) is 6.42 Å². The van der Waals surface area contributed by atoms with Crippen LogP contribution in [0.15, 0.2) is 128 Å². The van der Waals surface area contributed by atoms with E-state index in [9.17, 15) is 9.59 Å². The molecule has 7 nitrogen and oxygen atoms in total. The zero-order valence-corrected chi connectivity index (χ0v) is 30.5. The smallest absolute Gasteiger partial charge is 0.410 e. The molecular formula is C45H49N3O4. The number of rotatable bonds is 12. The highest BCUT2D eigenvalue weighted by molar-refractivity contribution is 5.94. The Hall–Kier alpha value is -5.43. The Labute approximate surface area is 308 Å². The molecule has 1 aliphatic rings. The van der Waals surface area contributed by atoms with Gasteiger partial charge in [-0.2, -0.15) is 0 Å². The molecule has 0 atom stereocenters. The van der Waals surface area contributed by atoms with Gasteiger partial charge in [0.25, 0.3) is 5.91 Å². The summed E-state index contributed by atoms with van der Waals surface area (Å²) in [5, 5.41) is 0. The molecule has 268 valence electrons. The van der Waals surface area contributed by atoms with Gasteiger partial charge in [-0.25, -0.2) is 4.79 Å². The van der Waals surface area contributed by atoms with Crippen LogP contribution in [0.25, 0.3) is 11.1 Å². The molecular weight excluding hydrogens is 647 g/mol. The Morgan fingerprint density at radius 1 is 0.673 bits per heavy atom. The van der Waals surface area contributed by atoms with E-state index in [-0.39, 0.29) is 18.0 Å². The van der Waals surface area contributed by atoms with Gasteiger partial charge >= 0.3 is 6.09 Å². The second-order valence-corrected chi connectivity index (χ2v) is 14.6. The third kappa shape index (κ3) is 10.3. The molecule has 7 heteroatoms. The standard InChI is InChI=1S/C45H49N3O4/c1-45(2,3)52-44(50)48(41-14-8-5-9-15-41)32-35-18-22-39(23-19-35)38-20-16-34(17-21-38)30-47(31-37-13-10-28-46-29-37)43(49)40-24-26-42(27-25-40)51-33-36-11-6-4-7-12-36/h4,6-7,10-13,16-29,41H,5,8-9,14-15,30-33H2,1-3H3. The molecule has 0 bridgehead atoms. The zero-order valence-electron chi connectivity index (χ0n) is 30.5. The van der Waals surface area contributed by atoms with Crippen LogP contribution in [0.3, 0.4) is 0 Å². The lowest BCUT2D eigenvalue weighted by atomic mass is 9.94. The van der Waals surface area contributed by atoms with Crippen molar-refractivity contribution in [2.75, 3.05) is 0 Å². The predicted molar refractivity (Wildman–Crippen MR) is 206 cm³/mol. The van der Waals surface area contributed by atoms with Gasteiger partial charge < -0.3 is 19.3 Å². The summed E-state index contributed by atoms with van der Waals surface area (Å²) < 4.78 is 11.8. The second kappa shape index (κ2) is 17.2. The fourth-order valence-corrected chi connectivity index (χ4v) is 6.61. The maximum atomic E-state index is 13.9. The van der Waals surface area contributed by atoms with E-state index < -0.39 is 5.60 Å². The molecule has 0 radical (unpaired) electrons. The van der Waals surface area contributed by atoms with Gasteiger partial charge in [0.1, 0.15) is 18.0 Å². The number of aromatic nitrogens is 1. The summed E-state index contributed by atoms with van der Waals surface area (Å²) in [5.74, 6) is 0.652. The van der Waals surface area contributed by atoms with Crippen LogP contribution in [0, 0.1) is 0 Å². The number of carbonyl (C=O) groups is 2. The average molecular weight is 696 g/mol. The highest BCUT2D eigenvalue weighted by Crippen LogP contribution is 2.28. The van der Waals surface area contributed by atoms with Crippen LogP contribution >= 0.6 is 0 Å². The van der Waals surface area contributed by atoms with E-state index >= 15 is 0 Å². The first-order valence-corrected chi connectivity index (χ1v) is 18.3. The van der Waals surface area contributed by atoms with E-state index in [1.54, 1.807) is 12.4 Å². The fourth-order valence-electron chi connectivity index (χ4n) is 6.61. The molecule has 0 spiro atoms. The summed E-state index contributed by atoms with van der Waals surface area (Å²) in [7, 11) is 0. The van der Waals surface area contributed by atoms with Crippen molar-refractivity contribution in [3.63, 3.8) is 0 Å². The molecule has 1 fully saturated rings. The van der Waals surface area contributed by atoms with Crippen LogP contribution in [0.5, 0.6) is 5.75 Å². The van der Waals surface area contributed by atoms with Crippen molar-refractivity contribution in [3.8, 4) is 16.9 Å². The lowest BCUT2D eigenvalue weighted by molar-refractivity contribution is 0.00987. The van der Waals surface area contributed by atoms with Crippen molar-refractivity contribution in [2.24, 2.45) is 0 Å². The molecule has 1 aliphatic carbocycles. The molecule has 0 unspecified atom stereocenters. The van der Waals surface area contributed by atoms with E-state index in [2.05, 4.69) is 53.5 Å². The predicted octanol–water partition coefficient (Wildman–Crippen LogP) is 10.2. The molecule has 1 saturated carbocycles. The number of amides is 2. The highest BCUT2D eigenvalue weighted by atomic mass is 16.6. The number of carbonyl (C=O) groups excluding carboxylic acids is 2. The van der Waals surface area contributed by atoms with Crippen molar-refractivity contribution in [1.29, 1.82) is 0 Å². The van der Waals surface area contributed by atoms with Crippen molar-refractivity contribution < 1.29 is 19.1 Å². The minimum Gasteiger partial charge on any atom is -0.489 e. The Bertz CT molecular complexity index is 1860. The number of ether oxygens (including phenoxy) is 2. The summed E-state index contributed by atoms with van der Waals surface area (Å²) in [5.41, 5.74) is 6.40. The van der Waals surface area contributed by atoms with E-state index in [1.807, 2.05) is 97.3 Å². The van der Waals surface area contributed by atoms with Crippen molar-refractivity contribution in [3.05, 3.63) is 155 Å². The number of nitrogens with zero attached hydrogens (tertiary/aromatic N) is 3. The molecule has 1 heterocycles. The molecule has 4 aromatic carbocycles. The summed E-state index contributed by atoms with van der Waals surface area (Å²) in [4.78, 5) is 35.2. The summed E-state index contributed by atoms with van der Waals surface area (Å²) >= 11 is 0. The van der Waals surface area contributed by atoms with Gasteiger partial charge in [0.2, 0.25) is 0 Å². The molecule has 1 aromatic heterocycles. The number of pyridine rings is 1. The highest BCUT2D eigenvalue weighted by Gasteiger charge is 2.29. The zero-order chi connectivity index (χ0) is 36.3. The fraction of sp³-hybridized carbons (Fsp3) is 0.311. The molecule has 52 heavy (non-hydrogen) atoms. The van der Waals surface area contributed by atoms with Crippen LogP contribution in [0.2, 0.25) is 0 Å². The molecule has 2 amide bonds. The summed E-state index contributed by atoms with van der Waals surface area (Å²) in [6.07, 6.45) is 8.86. The lowest BCUT2D eigenvalue weighted by Gasteiger charge is -2.35. The van der Waals surface area contributed by atoms with Crippen molar-refractivity contribution >= 4 is 12.0 Å². The minimum atomic E-state index is -0.535.